The summed E-state index contributed by atoms with van der Waals surface area (Å²) in [7, 11) is 0. The third-order valence-electron chi connectivity index (χ3n) is 6.40. The SMILES string of the molecule is O=C(O)C1(C[C@@H](CCCN2CCCCC2)c2ccccc2)CCCC1. The number of likely N-dealkylation sites (tertiary alicyclic amines) is 1. The van der Waals surface area contributed by atoms with Gasteiger partial charge in [-0.3, -0.25) is 4.79 Å². The fourth-order valence-electron chi connectivity index (χ4n) is 4.88. The maximum Gasteiger partial charge on any atom is 0.309 e. The average molecular weight is 344 g/mol. The normalized spacial score (nSPS) is 21.9. The molecule has 1 N–H and O–H groups in total. The zero-order chi connectivity index (χ0) is 17.5. The molecule has 3 heteroatoms. The molecule has 25 heavy (non-hydrogen) atoms. The van der Waals surface area contributed by atoms with Gasteiger partial charge in [-0.1, -0.05) is 49.6 Å². The van der Waals surface area contributed by atoms with E-state index in [1.165, 1.54) is 50.9 Å². The highest BCUT2D eigenvalue weighted by Crippen LogP contribution is 2.46. The predicted molar refractivity (Wildman–Crippen MR) is 102 cm³/mol. The van der Waals surface area contributed by atoms with Gasteiger partial charge in [-0.15, -0.1) is 0 Å². The van der Waals surface area contributed by atoms with E-state index < -0.39 is 11.4 Å². The fraction of sp³-hybridized carbons (Fsp3) is 0.682. The Morgan fingerprint density at radius 2 is 1.72 bits per heavy atom. The van der Waals surface area contributed by atoms with Gasteiger partial charge in [0.1, 0.15) is 0 Å². The molecule has 1 aromatic carbocycles. The van der Waals surface area contributed by atoms with E-state index in [0.717, 1.165) is 38.5 Å². The first kappa shape index (κ1) is 18.4. The van der Waals surface area contributed by atoms with Crippen molar-refractivity contribution >= 4 is 5.97 Å². The van der Waals surface area contributed by atoms with Gasteiger partial charge in [0.15, 0.2) is 0 Å². The molecule has 3 nitrogen and oxygen atoms in total. The average Bonchev–Trinajstić information content (AvgIpc) is 3.13. The topological polar surface area (TPSA) is 40.5 Å². The van der Waals surface area contributed by atoms with Crippen LogP contribution in [0, 0.1) is 5.41 Å². The Bertz CT molecular complexity index is 530. The molecule has 138 valence electrons. The van der Waals surface area contributed by atoms with Gasteiger partial charge >= 0.3 is 5.97 Å². The van der Waals surface area contributed by atoms with Crippen molar-refractivity contribution in [3.63, 3.8) is 0 Å². The van der Waals surface area contributed by atoms with Crippen molar-refractivity contribution in [1.29, 1.82) is 0 Å². The van der Waals surface area contributed by atoms with Crippen molar-refractivity contribution in [2.24, 2.45) is 5.41 Å². The Labute approximate surface area is 152 Å². The molecule has 0 bridgehead atoms. The number of rotatable bonds is 8. The second kappa shape index (κ2) is 8.84. The van der Waals surface area contributed by atoms with Crippen molar-refractivity contribution in [3.05, 3.63) is 35.9 Å². The van der Waals surface area contributed by atoms with Crippen LogP contribution in [0.25, 0.3) is 0 Å². The highest BCUT2D eigenvalue weighted by atomic mass is 16.4. The first-order chi connectivity index (χ1) is 12.2. The summed E-state index contributed by atoms with van der Waals surface area (Å²) >= 11 is 0. The summed E-state index contributed by atoms with van der Waals surface area (Å²) in [6.45, 7) is 3.66. The van der Waals surface area contributed by atoms with E-state index in [1.807, 2.05) is 0 Å². The molecule has 1 aliphatic carbocycles. The van der Waals surface area contributed by atoms with Crippen LogP contribution in [0.3, 0.4) is 0 Å². The number of piperidine rings is 1. The molecule has 1 saturated heterocycles. The van der Waals surface area contributed by atoms with Crippen LogP contribution in [0.5, 0.6) is 0 Å². The molecule has 0 aromatic heterocycles. The van der Waals surface area contributed by atoms with Gasteiger partial charge in [0, 0.05) is 0 Å². The van der Waals surface area contributed by atoms with Gasteiger partial charge < -0.3 is 10.0 Å². The Kier molecular flexibility index (Phi) is 6.52. The summed E-state index contributed by atoms with van der Waals surface area (Å²) in [5.74, 6) is -0.192. The summed E-state index contributed by atoms with van der Waals surface area (Å²) in [5.41, 5.74) is 0.847. The van der Waals surface area contributed by atoms with Gasteiger partial charge in [0.25, 0.3) is 0 Å². The molecule has 0 amide bonds. The molecule has 2 fully saturated rings. The van der Waals surface area contributed by atoms with Crippen molar-refractivity contribution in [1.82, 2.24) is 4.90 Å². The number of hydrogen-bond donors (Lipinski definition) is 1. The lowest BCUT2D eigenvalue weighted by molar-refractivity contribution is -0.149. The van der Waals surface area contributed by atoms with Gasteiger partial charge in [-0.2, -0.15) is 0 Å². The third kappa shape index (κ3) is 4.84. The van der Waals surface area contributed by atoms with E-state index in [-0.39, 0.29) is 0 Å². The minimum Gasteiger partial charge on any atom is -0.481 e. The molecule has 3 rings (SSSR count). The van der Waals surface area contributed by atoms with E-state index in [0.29, 0.717) is 5.92 Å². The van der Waals surface area contributed by atoms with Gasteiger partial charge in [-0.25, -0.2) is 0 Å². The zero-order valence-corrected chi connectivity index (χ0v) is 15.5. The molecule has 1 heterocycles. The molecule has 0 spiro atoms. The van der Waals surface area contributed by atoms with Crippen molar-refractivity contribution < 1.29 is 9.90 Å². The first-order valence-corrected chi connectivity index (χ1v) is 10.2. The summed E-state index contributed by atoms with van der Waals surface area (Å²) < 4.78 is 0. The van der Waals surface area contributed by atoms with Crippen LogP contribution in [0.1, 0.15) is 75.7 Å². The molecule has 2 aliphatic rings. The minimum absolute atomic E-state index is 0.375. The van der Waals surface area contributed by atoms with Crippen molar-refractivity contribution in [2.45, 2.75) is 70.1 Å². The van der Waals surface area contributed by atoms with Crippen LogP contribution < -0.4 is 0 Å². The Morgan fingerprint density at radius 3 is 2.36 bits per heavy atom. The highest BCUT2D eigenvalue weighted by molar-refractivity contribution is 5.75. The van der Waals surface area contributed by atoms with Crippen molar-refractivity contribution in [2.75, 3.05) is 19.6 Å². The van der Waals surface area contributed by atoms with Crippen LogP contribution in [-0.2, 0) is 4.79 Å². The van der Waals surface area contributed by atoms with E-state index in [1.54, 1.807) is 0 Å². The number of aliphatic carboxylic acids is 1. The van der Waals surface area contributed by atoms with Crippen molar-refractivity contribution in [3.8, 4) is 0 Å². The molecule has 1 aromatic rings. The molecule has 1 atom stereocenters. The van der Waals surface area contributed by atoms with Crippen LogP contribution in [0.15, 0.2) is 30.3 Å². The van der Waals surface area contributed by atoms with Gasteiger partial charge in [0.05, 0.1) is 5.41 Å². The van der Waals surface area contributed by atoms with Crippen LogP contribution >= 0.6 is 0 Å². The van der Waals surface area contributed by atoms with Gasteiger partial charge in [-0.05, 0) is 76.1 Å². The van der Waals surface area contributed by atoms with E-state index in [2.05, 4.69) is 35.2 Å². The maximum atomic E-state index is 12.0. The van der Waals surface area contributed by atoms with Crippen LogP contribution in [0.4, 0.5) is 0 Å². The lowest BCUT2D eigenvalue weighted by atomic mass is 9.74. The first-order valence-electron chi connectivity index (χ1n) is 10.2. The Hall–Kier alpha value is -1.35. The third-order valence-corrected chi connectivity index (χ3v) is 6.40. The lowest BCUT2D eigenvalue weighted by Gasteiger charge is -2.31. The number of nitrogens with zero attached hydrogens (tertiary/aromatic N) is 1. The number of carbonyl (C=O) groups is 1. The highest BCUT2D eigenvalue weighted by Gasteiger charge is 2.42. The molecule has 1 aliphatic heterocycles. The summed E-state index contributed by atoms with van der Waals surface area (Å²) in [4.78, 5) is 14.6. The fourth-order valence-corrected chi connectivity index (χ4v) is 4.88. The second-order valence-electron chi connectivity index (χ2n) is 8.15. The number of hydrogen-bond acceptors (Lipinski definition) is 2. The summed E-state index contributed by atoms with van der Waals surface area (Å²) in [5, 5.41) is 9.88. The molecule has 0 radical (unpaired) electrons. The Morgan fingerprint density at radius 1 is 1.04 bits per heavy atom. The number of carboxylic acids is 1. The minimum atomic E-state index is -0.568. The molecular weight excluding hydrogens is 310 g/mol. The Balaban J connectivity index is 1.64. The standard InChI is InChI=1S/C22H33NO2/c24-21(25)22(13-5-6-14-22)18-20(19-10-3-1-4-11-19)12-9-17-23-15-7-2-8-16-23/h1,3-4,10-11,20H,2,5-9,12-18H2,(H,24,25)/t20-/m1/s1. The van der Waals surface area contributed by atoms with Crippen LogP contribution in [0.2, 0.25) is 0 Å². The number of benzene rings is 1. The van der Waals surface area contributed by atoms with E-state index >= 15 is 0 Å². The maximum absolute atomic E-state index is 12.0. The van der Waals surface area contributed by atoms with Gasteiger partial charge in [0.2, 0.25) is 0 Å². The smallest absolute Gasteiger partial charge is 0.309 e. The molecule has 0 unspecified atom stereocenters. The predicted octanol–water partition coefficient (Wildman–Crippen LogP) is 5.07. The second-order valence-corrected chi connectivity index (χ2v) is 8.15. The quantitative estimate of drug-likeness (QED) is 0.716. The van der Waals surface area contributed by atoms with Crippen LogP contribution in [-0.4, -0.2) is 35.6 Å². The summed E-state index contributed by atoms with van der Waals surface area (Å²) in [6, 6.07) is 10.6. The zero-order valence-electron chi connectivity index (χ0n) is 15.5. The molecule has 1 saturated carbocycles. The largest absolute Gasteiger partial charge is 0.481 e. The monoisotopic (exact) mass is 343 g/mol. The number of carboxylic acid groups (broad SMARTS) is 1. The van der Waals surface area contributed by atoms with E-state index in [4.69, 9.17) is 0 Å². The van der Waals surface area contributed by atoms with E-state index in [9.17, 15) is 9.90 Å². The summed E-state index contributed by atoms with van der Waals surface area (Å²) in [6.07, 6.45) is 11.0. The molecular formula is C22H33NO2. The lowest BCUT2D eigenvalue weighted by Crippen LogP contribution is -2.32.